The molecule has 0 aliphatic carbocycles. The normalized spacial score (nSPS) is 11.4. The third-order valence-corrected chi connectivity index (χ3v) is 3.06. The van der Waals surface area contributed by atoms with E-state index in [1.807, 2.05) is 0 Å². The molecule has 4 heteroatoms. The first-order chi connectivity index (χ1) is 8.90. The van der Waals surface area contributed by atoms with Crippen molar-refractivity contribution < 1.29 is 9.18 Å². The van der Waals surface area contributed by atoms with E-state index < -0.39 is 0 Å². The second-order valence-electron chi connectivity index (χ2n) is 5.26. The third kappa shape index (κ3) is 5.39. The monoisotopic (exact) mass is 266 g/mol. The molecule has 1 amide bonds. The average Bonchev–Trinajstić information content (AvgIpc) is 2.34. The van der Waals surface area contributed by atoms with Gasteiger partial charge in [0.15, 0.2) is 0 Å². The second-order valence-corrected chi connectivity index (χ2v) is 5.26. The number of benzene rings is 1. The van der Waals surface area contributed by atoms with Crippen LogP contribution in [0.15, 0.2) is 24.3 Å². The van der Waals surface area contributed by atoms with Crippen LogP contribution in [0.4, 0.5) is 4.39 Å². The Hall–Kier alpha value is -1.42. The van der Waals surface area contributed by atoms with Crippen LogP contribution in [0.1, 0.15) is 33.3 Å². The van der Waals surface area contributed by atoms with Crippen molar-refractivity contribution in [1.82, 2.24) is 10.2 Å². The van der Waals surface area contributed by atoms with Gasteiger partial charge < -0.3 is 5.32 Å². The van der Waals surface area contributed by atoms with Gasteiger partial charge in [0.25, 0.3) is 0 Å². The molecule has 0 heterocycles. The molecule has 0 aliphatic rings. The summed E-state index contributed by atoms with van der Waals surface area (Å²) in [4.78, 5) is 14.0. The number of rotatable bonds is 6. The van der Waals surface area contributed by atoms with E-state index in [9.17, 15) is 9.18 Å². The summed E-state index contributed by atoms with van der Waals surface area (Å²) >= 11 is 0. The van der Waals surface area contributed by atoms with Gasteiger partial charge in [-0.15, -0.1) is 0 Å². The van der Waals surface area contributed by atoms with Crippen molar-refractivity contribution >= 4 is 5.91 Å². The molecule has 0 saturated heterocycles. The molecule has 1 aromatic carbocycles. The largest absolute Gasteiger partial charge is 0.351 e. The van der Waals surface area contributed by atoms with Gasteiger partial charge in [0.1, 0.15) is 5.82 Å². The smallest absolute Gasteiger partial charge is 0.234 e. The Morgan fingerprint density at radius 1 is 1.16 bits per heavy atom. The lowest BCUT2D eigenvalue weighted by atomic mass is 10.2. The lowest BCUT2D eigenvalue weighted by Gasteiger charge is -2.29. The molecule has 0 bridgehead atoms. The highest BCUT2D eigenvalue weighted by molar-refractivity contribution is 5.78. The quantitative estimate of drug-likeness (QED) is 0.858. The number of amides is 1. The van der Waals surface area contributed by atoms with E-state index in [2.05, 4.69) is 37.9 Å². The number of hydrogen-bond donors (Lipinski definition) is 1. The van der Waals surface area contributed by atoms with E-state index in [-0.39, 0.29) is 11.7 Å². The van der Waals surface area contributed by atoms with E-state index in [0.29, 0.717) is 25.2 Å². The van der Waals surface area contributed by atoms with Gasteiger partial charge in [-0.05, 0) is 45.4 Å². The maximum absolute atomic E-state index is 12.7. The van der Waals surface area contributed by atoms with Gasteiger partial charge in [-0.3, -0.25) is 9.69 Å². The molecule has 0 radical (unpaired) electrons. The van der Waals surface area contributed by atoms with Gasteiger partial charge in [-0.25, -0.2) is 4.39 Å². The molecule has 0 aliphatic heterocycles. The van der Waals surface area contributed by atoms with E-state index >= 15 is 0 Å². The number of carbonyl (C=O) groups is 1. The maximum Gasteiger partial charge on any atom is 0.234 e. The molecule has 3 nitrogen and oxygen atoms in total. The average molecular weight is 266 g/mol. The molecular formula is C15H23FN2O. The number of hydrogen-bond acceptors (Lipinski definition) is 2. The van der Waals surface area contributed by atoms with Crippen LogP contribution in [0.5, 0.6) is 0 Å². The fourth-order valence-corrected chi connectivity index (χ4v) is 1.99. The van der Waals surface area contributed by atoms with Crippen molar-refractivity contribution in [3.05, 3.63) is 35.6 Å². The molecule has 1 rings (SSSR count). The minimum absolute atomic E-state index is 0.00766. The predicted molar refractivity (Wildman–Crippen MR) is 75.2 cm³/mol. The van der Waals surface area contributed by atoms with E-state index in [4.69, 9.17) is 0 Å². The Morgan fingerprint density at radius 3 is 2.16 bits per heavy atom. The molecule has 0 spiro atoms. The van der Waals surface area contributed by atoms with Crippen LogP contribution in [-0.2, 0) is 11.3 Å². The Labute approximate surface area is 114 Å². The van der Waals surface area contributed by atoms with Gasteiger partial charge in [0.05, 0.1) is 6.54 Å². The Morgan fingerprint density at radius 2 is 1.68 bits per heavy atom. The van der Waals surface area contributed by atoms with Crippen LogP contribution >= 0.6 is 0 Å². The summed E-state index contributed by atoms with van der Waals surface area (Å²) in [6.07, 6.45) is 0. The number of nitrogens with one attached hydrogen (secondary N) is 1. The Kier molecular flexibility index (Phi) is 5.96. The van der Waals surface area contributed by atoms with Gasteiger partial charge in [0.2, 0.25) is 5.91 Å². The van der Waals surface area contributed by atoms with E-state index in [0.717, 1.165) is 5.56 Å². The summed E-state index contributed by atoms with van der Waals surface area (Å²) in [5.74, 6) is -0.271. The second kappa shape index (κ2) is 7.24. The molecule has 1 aromatic rings. The summed E-state index contributed by atoms with van der Waals surface area (Å²) in [5.41, 5.74) is 0.899. The number of halogens is 1. The fraction of sp³-hybridized carbons (Fsp3) is 0.533. The Bertz CT molecular complexity index is 393. The van der Waals surface area contributed by atoms with Crippen molar-refractivity contribution in [1.29, 1.82) is 0 Å². The van der Waals surface area contributed by atoms with Crippen LogP contribution < -0.4 is 5.32 Å². The van der Waals surface area contributed by atoms with Crippen LogP contribution in [0, 0.1) is 5.82 Å². The van der Waals surface area contributed by atoms with Crippen molar-refractivity contribution in [3.8, 4) is 0 Å². The molecule has 0 unspecified atom stereocenters. The highest BCUT2D eigenvalue weighted by Gasteiger charge is 2.16. The van der Waals surface area contributed by atoms with Crippen LogP contribution in [0.3, 0.4) is 0 Å². The molecule has 0 fully saturated rings. The molecule has 0 saturated carbocycles. The molecule has 106 valence electrons. The fourth-order valence-electron chi connectivity index (χ4n) is 1.99. The zero-order valence-electron chi connectivity index (χ0n) is 12.1. The highest BCUT2D eigenvalue weighted by Crippen LogP contribution is 2.05. The van der Waals surface area contributed by atoms with E-state index in [1.54, 1.807) is 12.1 Å². The summed E-state index contributed by atoms with van der Waals surface area (Å²) in [5, 5.41) is 2.86. The van der Waals surface area contributed by atoms with Gasteiger partial charge in [-0.1, -0.05) is 12.1 Å². The summed E-state index contributed by atoms with van der Waals surface area (Å²) in [6.45, 7) is 9.13. The summed E-state index contributed by atoms with van der Waals surface area (Å²) in [6, 6.07) is 6.82. The lowest BCUT2D eigenvalue weighted by molar-refractivity contribution is -0.123. The SMILES string of the molecule is CC(C)N(CC(=O)NCc1ccc(F)cc1)C(C)C. The first-order valence-electron chi connectivity index (χ1n) is 6.67. The summed E-state index contributed by atoms with van der Waals surface area (Å²) < 4.78 is 12.7. The van der Waals surface area contributed by atoms with Crippen LogP contribution in [-0.4, -0.2) is 29.4 Å². The Balaban J connectivity index is 2.45. The first-order valence-corrected chi connectivity index (χ1v) is 6.67. The topological polar surface area (TPSA) is 32.3 Å². The minimum Gasteiger partial charge on any atom is -0.351 e. The third-order valence-electron chi connectivity index (χ3n) is 3.06. The lowest BCUT2D eigenvalue weighted by Crippen LogP contribution is -2.44. The zero-order valence-corrected chi connectivity index (χ0v) is 12.1. The standard InChI is InChI=1S/C15H23FN2O/c1-11(2)18(12(3)4)10-15(19)17-9-13-5-7-14(16)8-6-13/h5-8,11-12H,9-10H2,1-4H3,(H,17,19). The van der Waals surface area contributed by atoms with Crippen molar-refractivity contribution in [2.75, 3.05) is 6.54 Å². The van der Waals surface area contributed by atoms with Crippen molar-refractivity contribution in [2.45, 2.75) is 46.3 Å². The number of nitrogens with zero attached hydrogens (tertiary/aromatic N) is 1. The number of carbonyl (C=O) groups excluding carboxylic acids is 1. The molecule has 0 atom stereocenters. The minimum atomic E-state index is -0.263. The van der Waals surface area contributed by atoms with E-state index in [1.165, 1.54) is 12.1 Å². The van der Waals surface area contributed by atoms with Gasteiger partial charge in [-0.2, -0.15) is 0 Å². The molecule has 1 N–H and O–H groups in total. The highest BCUT2D eigenvalue weighted by atomic mass is 19.1. The zero-order chi connectivity index (χ0) is 14.4. The van der Waals surface area contributed by atoms with Crippen LogP contribution in [0.2, 0.25) is 0 Å². The van der Waals surface area contributed by atoms with Crippen LogP contribution in [0.25, 0.3) is 0 Å². The summed E-state index contributed by atoms with van der Waals surface area (Å²) in [7, 11) is 0. The van der Waals surface area contributed by atoms with Crippen molar-refractivity contribution in [2.24, 2.45) is 0 Å². The van der Waals surface area contributed by atoms with Gasteiger partial charge in [0, 0.05) is 18.6 Å². The molecule has 0 aromatic heterocycles. The van der Waals surface area contributed by atoms with Crippen molar-refractivity contribution in [3.63, 3.8) is 0 Å². The van der Waals surface area contributed by atoms with Gasteiger partial charge >= 0.3 is 0 Å². The first kappa shape index (κ1) is 15.6. The molecule has 19 heavy (non-hydrogen) atoms. The molecular weight excluding hydrogens is 243 g/mol. The maximum atomic E-state index is 12.7. The predicted octanol–water partition coefficient (Wildman–Crippen LogP) is 2.56.